The van der Waals surface area contributed by atoms with Crippen molar-refractivity contribution in [1.82, 2.24) is 15.5 Å². The van der Waals surface area contributed by atoms with Crippen LogP contribution in [0.3, 0.4) is 0 Å². The molecule has 5 nitrogen and oxygen atoms in total. The fourth-order valence-corrected chi connectivity index (χ4v) is 3.16. The number of hydrogen-bond acceptors (Lipinski definition) is 3. The van der Waals surface area contributed by atoms with E-state index < -0.39 is 0 Å². The Morgan fingerprint density at radius 3 is 2.62 bits per heavy atom. The number of hydrogen-bond donors (Lipinski definition) is 2. The van der Waals surface area contributed by atoms with E-state index in [-0.39, 0.29) is 0 Å². The van der Waals surface area contributed by atoms with Crippen molar-refractivity contribution in [2.45, 2.75) is 65.3 Å². The molecule has 1 heterocycles. The molecule has 0 aromatic heterocycles. The first-order valence-corrected chi connectivity index (χ1v) is 9.95. The summed E-state index contributed by atoms with van der Waals surface area (Å²) in [6.07, 6.45) is 7.61. The molecule has 1 fully saturated rings. The molecule has 1 aliphatic rings. The SMILES string of the molecule is CCCCCC(C)NC(=NCC1CCN(CCOC)CC1)NCC. The Morgan fingerprint density at radius 2 is 2.00 bits per heavy atom. The highest BCUT2D eigenvalue weighted by Gasteiger charge is 2.18. The fourth-order valence-electron chi connectivity index (χ4n) is 3.16. The normalized spacial score (nSPS) is 18.6. The molecule has 1 aliphatic heterocycles. The molecule has 0 saturated carbocycles. The summed E-state index contributed by atoms with van der Waals surface area (Å²) in [5, 5.41) is 6.96. The van der Waals surface area contributed by atoms with Crippen molar-refractivity contribution in [2.24, 2.45) is 10.9 Å². The van der Waals surface area contributed by atoms with Gasteiger partial charge in [-0.2, -0.15) is 0 Å². The van der Waals surface area contributed by atoms with E-state index >= 15 is 0 Å². The summed E-state index contributed by atoms with van der Waals surface area (Å²) in [6, 6.07) is 0.491. The highest BCUT2D eigenvalue weighted by atomic mass is 16.5. The Morgan fingerprint density at radius 1 is 1.25 bits per heavy atom. The predicted octanol–water partition coefficient (Wildman–Crippen LogP) is 2.87. The lowest BCUT2D eigenvalue weighted by Crippen LogP contribution is -2.43. The molecule has 1 rings (SSSR count). The third-order valence-electron chi connectivity index (χ3n) is 4.79. The Bertz CT molecular complexity index is 327. The molecule has 0 amide bonds. The van der Waals surface area contributed by atoms with Gasteiger partial charge in [0.15, 0.2) is 5.96 Å². The van der Waals surface area contributed by atoms with Crippen LogP contribution in [0.25, 0.3) is 0 Å². The maximum atomic E-state index is 5.17. The van der Waals surface area contributed by atoms with Crippen LogP contribution in [0.2, 0.25) is 0 Å². The molecule has 1 saturated heterocycles. The number of guanidine groups is 1. The summed E-state index contributed by atoms with van der Waals surface area (Å²) >= 11 is 0. The maximum absolute atomic E-state index is 5.17. The largest absolute Gasteiger partial charge is 0.383 e. The molecule has 0 radical (unpaired) electrons. The molecule has 0 spiro atoms. The van der Waals surface area contributed by atoms with E-state index in [2.05, 4.69) is 36.3 Å². The van der Waals surface area contributed by atoms with Crippen LogP contribution < -0.4 is 10.6 Å². The quantitative estimate of drug-likeness (QED) is 0.345. The molecule has 0 aromatic rings. The number of rotatable bonds is 11. The van der Waals surface area contributed by atoms with Crippen LogP contribution in [0.4, 0.5) is 0 Å². The molecule has 1 atom stereocenters. The third-order valence-corrected chi connectivity index (χ3v) is 4.79. The first-order valence-electron chi connectivity index (χ1n) is 9.95. The summed E-state index contributed by atoms with van der Waals surface area (Å²) < 4.78 is 5.17. The average molecular weight is 341 g/mol. The molecule has 1 unspecified atom stereocenters. The monoisotopic (exact) mass is 340 g/mol. The Balaban J connectivity index is 2.32. The van der Waals surface area contributed by atoms with Crippen LogP contribution in [-0.2, 0) is 4.74 Å². The van der Waals surface area contributed by atoms with Crippen molar-refractivity contribution in [3.63, 3.8) is 0 Å². The minimum absolute atomic E-state index is 0.491. The van der Waals surface area contributed by atoms with Crippen molar-refractivity contribution in [3.8, 4) is 0 Å². The highest BCUT2D eigenvalue weighted by Crippen LogP contribution is 2.17. The number of nitrogens with zero attached hydrogens (tertiary/aromatic N) is 2. The van der Waals surface area contributed by atoms with E-state index in [4.69, 9.17) is 9.73 Å². The van der Waals surface area contributed by atoms with Gasteiger partial charge in [-0.15, -0.1) is 0 Å². The lowest BCUT2D eigenvalue weighted by Gasteiger charge is -2.31. The standard InChI is InChI=1S/C19H40N4O/c1-5-7-8-9-17(3)22-19(20-6-2)21-16-18-10-12-23(13-11-18)14-15-24-4/h17-18H,5-16H2,1-4H3,(H2,20,21,22). The van der Waals surface area contributed by atoms with Crippen molar-refractivity contribution >= 4 is 5.96 Å². The predicted molar refractivity (Wildman–Crippen MR) is 104 cm³/mol. The van der Waals surface area contributed by atoms with Gasteiger partial charge in [0.25, 0.3) is 0 Å². The molecule has 2 N–H and O–H groups in total. The van der Waals surface area contributed by atoms with Crippen LogP contribution in [0.5, 0.6) is 0 Å². The Kier molecular flexibility index (Phi) is 11.9. The zero-order valence-corrected chi connectivity index (χ0v) is 16.4. The zero-order chi connectivity index (χ0) is 17.6. The van der Waals surface area contributed by atoms with Crippen LogP contribution in [-0.4, -0.2) is 63.3 Å². The fraction of sp³-hybridized carbons (Fsp3) is 0.947. The van der Waals surface area contributed by atoms with Crippen LogP contribution in [0.15, 0.2) is 4.99 Å². The molecular weight excluding hydrogens is 300 g/mol. The van der Waals surface area contributed by atoms with E-state index in [1.54, 1.807) is 7.11 Å². The van der Waals surface area contributed by atoms with Gasteiger partial charge < -0.3 is 20.3 Å². The van der Waals surface area contributed by atoms with Gasteiger partial charge >= 0.3 is 0 Å². The van der Waals surface area contributed by atoms with E-state index in [0.29, 0.717) is 6.04 Å². The number of nitrogens with one attached hydrogen (secondary N) is 2. The molecular formula is C19H40N4O. The van der Waals surface area contributed by atoms with Gasteiger partial charge in [0.2, 0.25) is 0 Å². The summed E-state index contributed by atoms with van der Waals surface area (Å²) in [5.41, 5.74) is 0. The van der Waals surface area contributed by atoms with Crippen LogP contribution >= 0.6 is 0 Å². The molecule has 0 aromatic carbocycles. The number of methoxy groups -OCH3 is 1. The summed E-state index contributed by atoms with van der Waals surface area (Å²) in [7, 11) is 1.78. The summed E-state index contributed by atoms with van der Waals surface area (Å²) in [6.45, 7) is 12.8. The second-order valence-electron chi connectivity index (χ2n) is 7.04. The van der Waals surface area contributed by atoms with Crippen molar-refractivity contribution < 1.29 is 4.74 Å². The summed E-state index contributed by atoms with van der Waals surface area (Å²) in [4.78, 5) is 7.35. The number of unbranched alkanes of at least 4 members (excludes halogenated alkanes) is 2. The first kappa shape index (κ1) is 21.2. The van der Waals surface area contributed by atoms with E-state index in [9.17, 15) is 0 Å². The van der Waals surface area contributed by atoms with Gasteiger partial charge in [-0.25, -0.2) is 0 Å². The smallest absolute Gasteiger partial charge is 0.191 e. The third kappa shape index (κ3) is 9.48. The first-order chi connectivity index (χ1) is 11.7. The van der Waals surface area contributed by atoms with E-state index in [1.807, 2.05) is 0 Å². The Hall–Kier alpha value is -0.810. The van der Waals surface area contributed by atoms with Crippen LogP contribution in [0.1, 0.15) is 59.3 Å². The molecule has 0 aliphatic carbocycles. The minimum Gasteiger partial charge on any atom is -0.383 e. The zero-order valence-electron chi connectivity index (χ0n) is 16.4. The second-order valence-corrected chi connectivity index (χ2v) is 7.04. The van der Waals surface area contributed by atoms with Crippen molar-refractivity contribution in [1.29, 1.82) is 0 Å². The lowest BCUT2D eigenvalue weighted by molar-refractivity contribution is 0.121. The van der Waals surface area contributed by atoms with Gasteiger partial charge in [0, 0.05) is 32.8 Å². The lowest BCUT2D eigenvalue weighted by atomic mass is 9.97. The van der Waals surface area contributed by atoms with E-state index in [0.717, 1.165) is 38.1 Å². The maximum Gasteiger partial charge on any atom is 0.191 e. The average Bonchev–Trinajstić information content (AvgIpc) is 2.59. The van der Waals surface area contributed by atoms with Gasteiger partial charge in [-0.1, -0.05) is 26.2 Å². The minimum atomic E-state index is 0.491. The van der Waals surface area contributed by atoms with Gasteiger partial charge in [0.1, 0.15) is 0 Å². The molecule has 24 heavy (non-hydrogen) atoms. The molecule has 5 heteroatoms. The van der Waals surface area contributed by atoms with E-state index in [1.165, 1.54) is 51.6 Å². The number of ether oxygens (including phenoxy) is 1. The second kappa shape index (κ2) is 13.5. The number of piperidine rings is 1. The van der Waals surface area contributed by atoms with Gasteiger partial charge in [-0.3, -0.25) is 4.99 Å². The van der Waals surface area contributed by atoms with Gasteiger partial charge in [-0.05, 0) is 52.1 Å². The van der Waals surface area contributed by atoms with Crippen molar-refractivity contribution in [3.05, 3.63) is 0 Å². The molecule has 0 bridgehead atoms. The summed E-state index contributed by atoms with van der Waals surface area (Å²) in [5.74, 6) is 1.71. The van der Waals surface area contributed by atoms with Crippen molar-refractivity contribution in [2.75, 3.05) is 46.4 Å². The Labute approximate surface area is 149 Å². The van der Waals surface area contributed by atoms with Crippen LogP contribution in [0, 0.1) is 5.92 Å². The van der Waals surface area contributed by atoms with Gasteiger partial charge in [0.05, 0.1) is 6.61 Å². The number of aliphatic imine (C=N–C) groups is 1. The number of likely N-dealkylation sites (tertiary alicyclic amines) is 1. The highest BCUT2D eigenvalue weighted by molar-refractivity contribution is 5.80. The molecule has 142 valence electrons. The topological polar surface area (TPSA) is 48.9 Å².